The number of aromatic nitrogens is 3. The van der Waals surface area contributed by atoms with Crippen molar-refractivity contribution in [2.24, 2.45) is 0 Å². The van der Waals surface area contributed by atoms with E-state index in [1.165, 1.54) is 0 Å². The van der Waals surface area contributed by atoms with Gasteiger partial charge in [0.15, 0.2) is 0 Å². The van der Waals surface area contributed by atoms with Crippen molar-refractivity contribution in [3.05, 3.63) is 60.4 Å². The molecule has 8 bridgehead atoms. The molecule has 10 nitrogen and oxygen atoms in total. The van der Waals surface area contributed by atoms with E-state index < -0.39 is 0 Å². The quantitative estimate of drug-likeness (QED) is 0.502. The topological polar surface area (TPSA) is 97.8 Å². The number of carbonyl (C=O) groups is 2. The van der Waals surface area contributed by atoms with Crippen molar-refractivity contribution in [3.8, 4) is 11.3 Å². The van der Waals surface area contributed by atoms with Crippen LogP contribution >= 0.6 is 0 Å². The maximum atomic E-state index is 12.8. The number of nitrogens with one attached hydrogen (secondary N) is 1. The van der Waals surface area contributed by atoms with Crippen molar-refractivity contribution in [2.75, 3.05) is 63.6 Å². The number of hydrogen-bond donors (Lipinski definition) is 1. The highest BCUT2D eigenvalue weighted by Gasteiger charge is 2.26. The van der Waals surface area contributed by atoms with Gasteiger partial charge in [-0.25, -0.2) is 15.0 Å². The van der Waals surface area contributed by atoms with Gasteiger partial charge in [0.05, 0.1) is 18.8 Å². The summed E-state index contributed by atoms with van der Waals surface area (Å²) in [5, 5.41) is 3.30. The van der Waals surface area contributed by atoms with Gasteiger partial charge >= 0.3 is 0 Å². The second-order valence-electron chi connectivity index (χ2n) is 9.61. The van der Waals surface area contributed by atoms with E-state index in [4.69, 9.17) is 0 Å². The zero-order chi connectivity index (χ0) is 25.8. The Hall–Kier alpha value is -4.05. The summed E-state index contributed by atoms with van der Waals surface area (Å²) in [6.45, 7) is 3.70. The van der Waals surface area contributed by atoms with E-state index in [0.29, 0.717) is 32.1 Å². The van der Waals surface area contributed by atoms with Crippen LogP contribution in [0.5, 0.6) is 0 Å². The molecule has 37 heavy (non-hydrogen) atoms. The van der Waals surface area contributed by atoms with Gasteiger partial charge in [-0.05, 0) is 42.3 Å². The first kappa shape index (κ1) is 24.6. The number of rotatable bonds is 0. The lowest BCUT2D eigenvalue weighted by atomic mass is 10.1. The summed E-state index contributed by atoms with van der Waals surface area (Å²) in [6, 6.07) is 13.9. The number of amides is 2. The Labute approximate surface area is 216 Å². The Balaban J connectivity index is 1.40. The summed E-state index contributed by atoms with van der Waals surface area (Å²) in [4.78, 5) is 46.8. The van der Waals surface area contributed by atoms with Crippen LogP contribution in [0, 0.1) is 0 Å². The zero-order valence-electron chi connectivity index (χ0n) is 21.3. The van der Waals surface area contributed by atoms with Crippen molar-refractivity contribution < 1.29 is 9.59 Å². The maximum Gasteiger partial charge on any atom is 0.241 e. The van der Waals surface area contributed by atoms with E-state index in [9.17, 15) is 9.59 Å². The monoisotopic (exact) mass is 500 g/mol. The minimum atomic E-state index is -0.0352. The third-order valence-electron chi connectivity index (χ3n) is 6.82. The van der Waals surface area contributed by atoms with Crippen molar-refractivity contribution in [2.45, 2.75) is 13.0 Å². The predicted molar refractivity (Wildman–Crippen MR) is 142 cm³/mol. The van der Waals surface area contributed by atoms with Gasteiger partial charge in [-0.3, -0.25) is 14.5 Å². The molecular formula is C27H32N8O2. The van der Waals surface area contributed by atoms with Crippen molar-refractivity contribution in [3.63, 3.8) is 0 Å². The highest BCUT2D eigenvalue weighted by atomic mass is 16.2. The van der Waals surface area contributed by atoms with Gasteiger partial charge in [0.1, 0.15) is 5.82 Å². The standard InChI is InChI=1S/C27H32N8O2/c1-32-11-4-12-33(2)25(36)19-35-14-13-34(18-26(35)37)17-20-5-3-6-22(15-20)30-27-28-10-9-23(31-27)21-7-8-24(32)29-16-21/h3,5-10,15-16H,4,11-14,17-19H2,1-2H3,(H,28,30,31). The lowest BCUT2D eigenvalue weighted by Gasteiger charge is -2.34. The molecule has 1 N–H and O–H groups in total. The highest BCUT2D eigenvalue weighted by Crippen LogP contribution is 2.22. The van der Waals surface area contributed by atoms with E-state index in [1.807, 2.05) is 55.7 Å². The van der Waals surface area contributed by atoms with Gasteiger partial charge in [-0.15, -0.1) is 0 Å². The van der Waals surface area contributed by atoms with E-state index in [0.717, 1.165) is 47.8 Å². The molecule has 1 fully saturated rings. The van der Waals surface area contributed by atoms with Crippen LogP contribution in [-0.4, -0.2) is 94.8 Å². The molecule has 0 saturated carbocycles. The third-order valence-corrected chi connectivity index (χ3v) is 6.82. The minimum Gasteiger partial charge on any atom is -0.360 e. The fraction of sp³-hybridized carbons (Fsp3) is 0.370. The van der Waals surface area contributed by atoms with Crippen LogP contribution in [-0.2, 0) is 16.1 Å². The molecule has 7 heterocycles. The van der Waals surface area contributed by atoms with E-state index in [1.54, 1.807) is 23.0 Å². The molecule has 192 valence electrons. The highest BCUT2D eigenvalue weighted by molar-refractivity contribution is 5.86. The summed E-state index contributed by atoms with van der Waals surface area (Å²) in [7, 11) is 3.79. The first-order valence-corrected chi connectivity index (χ1v) is 12.6. The zero-order valence-corrected chi connectivity index (χ0v) is 21.3. The molecular weight excluding hydrogens is 468 g/mol. The van der Waals surface area contributed by atoms with Gasteiger partial charge in [-0.1, -0.05) is 12.1 Å². The number of hydrogen-bond acceptors (Lipinski definition) is 8. The Morgan fingerprint density at radius 2 is 1.70 bits per heavy atom. The number of nitrogens with zero attached hydrogens (tertiary/aromatic N) is 7. The molecule has 1 unspecified atom stereocenters. The van der Waals surface area contributed by atoms with E-state index in [-0.39, 0.29) is 18.4 Å². The molecule has 2 aromatic heterocycles. The molecule has 1 atom stereocenters. The SMILES string of the molecule is CN1CCCN(C)c2ccc(cn2)-c2ccnc(n2)Nc2cccc(c2)CN2CCN(CC1=O)C(=O)C2. The van der Waals surface area contributed by atoms with Crippen LogP contribution < -0.4 is 10.2 Å². The number of likely N-dealkylation sites (N-methyl/N-ethyl adjacent to an activating group) is 1. The third kappa shape index (κ3) is 6.03. The maximum absolute atomic E-state index is 12.8. The summed E-state index contributed by atoms with van der Waals surface area (Å²) in [5.74, 6) is 1.31. The summed E-state index contributed by atoms with van der Waals surface area (Å²) in [5.41, 5.74) is 3.65. The largest absolute Gasteiger partial charge is 0.360 e. The van der Waals surface area contributed by atoms with Crippen molar-refractivity contribution in [1.82, 2.24) is 29.7 Å². The molecule has 3 aromatic rings. The van der Waals surface area contributed by atoms with Gasteiger partial charge in [0, 0.05) is 70.5 Å². The normalized spacial score (nSPS) is 19.2. The summed E-state index contributed by atoms with van der Waals surface area (Å²) < 4.78 is 0. The number of carbonyl (C=O) groups excluding carboxylic acids is 2. The second-order valence-corrected chi connectivity index (χ2v) is 9.61. The lowest BCUT2D eigenvalue weighted by molar-refractivity contribution is -0.143. The fourth-order valence-corrected chi connectivity index (χ4v) is 4.61. The Morgan fingerprint density at radius 3 is 2.51 bits per heavy atom. The molecule has 0 aliphatic carbocycles. The first-order valence-electron chi connectivity index (χ1n) is 12.6. The van der Waals surface area contributed by atoms with Crippen LogP contribution in [0.3, 0.4) is 0 Å². The summed E-state index contributed by atoms with van der Waals surface area (Å²) >= 11 is 0. The average Bonchev–Trinajstić information content (AvgIpc) is 2.90. The van der Waals surface area contributed by atoms with Gasteiger partial charge in [0.25, 0.3) is 0 Å². The van der Waals surface area contributed by atoms with Crippen LogP contribution in [0.15, 0.2) is 54.9 Å². The number of piperazine rings is 1. The molecule has 5 aliphatic heterocycles. The van der Waals surface area contributed by atoms with Crippen LogP contribution in [0.4, 0.5) is 17.5 Å². The predicted octanol–water partition coefficient (Wildman–Crippen LogP) is 2.22. The van der Waals surface area contributed by atoms with Gasteiger partial charge < -0.3 is 20.0 Å². The average molecular weight is 501 g/mol. The number of anilines is 3. The Bertz CT molecular complexity index is 1270. The second kappa shape index (κ2) is 10.9. The fourth-order valence-electron chi connectivity index (χ4n) is 4.61. The number of pyridine rings is 1. The smallest absolute Gasteiger partial charge is 0.241 e. The van der Waals surface area contributed by atoms with Crippen molar-refractivity contribution >= 4 is 29.3 Å². The molecule has 0 radical (unpaired) electrons. The van der Waals surface area contributed by atoms with Crippen molar-refractivity contribution in [1.29, 1.82) is 0 Å². The van der Waals surface area contributed by atoms with E-state index >= 15 is 0 Å². The minimum absolute atomic E-state index is 0.0139. The summed E-state index contributed by atoms with van der Waals surface area (Å²) in [6.07, 6.45) is 4.35. The molecule has 1 saturated heterocycles. The van der Waals surface area contributed by atoms with Gasteiger partial charge in [0.2, 0.25) is 17.8 Å². The van der Waals surface area contributed by atoms with Crippen LogP contribution in [0.2, 0.25) is 0 Å². The molecule has 8 rings (SSSR count). The molecule has 2 amide bonds. The first-order chi connectivity index (χ1) is 17.9. The molecule has 0 spiro atoms. The molecule has 5 aliphatic rings. The lowest BCUT2D eigenvalue weighted by Crippen LogP contribution is -2.52. The molecule has 1 aromatic carbocycles. The van der Waals surface area contributed by atoms with Gasteiger partial charge in [-0.2, -0.15) is 0 Å². The Kier molecular flexibility index (Phi) is 7.27. The van der Waals surface area contributed by atoms with Crippen LogP contribution in [0.25, 0.3) is 11.3 Å². The van der Waals surface area contributed by atoms with Crippen LogP contribution in [0.1, 0.15) is 12.0 Å². The number of benzene rings is 1. The van der Waals surface area contributed by atoms with E-state index in [2.05, 4.69) is 30.1 Å². The Morgan fingerprint density at radius 1 is 0.838 bits per heavy atom. The molecule has 10 heteroatoms.